The predicted molar refractivity (Wildman–Crippen MR) is 76.4 cm³/mol. The van der Waals surface area contributed by atoms with Crippen LogP contribution in [0.1, 0.15) is 51.9 Å². The number of carbonyl (C=O) groups excluding carboxylic acids is 1. The van der Waals surface area contributed by atoms with Gasteiger partial charge in [-0.25, -0.2) is 4.79 Å². The monoisotopic (exact) mass is 282 g/mol. The SMILES string of the molecule is CC1CCCC(CNC(=O)NC(CC(=O)O)C2CC2)C1. The number of urea groups is 1. The van der Waals surface area contributed by atoms with Crippen LogP contribution >= 0.6 is 0 Å². The second kappa shape index (κ2) is 6.95. The van der Waals surface area contributed by atoms with E-state index >= 15 is 0 Å². The lowest BCUT2D eigenvalue weighted by Crippen LogP contribution is -2.45. The molecule has 0 radical (unpaired) electrons. The summed E-state index contributed by atoms with van der Waals surface area (Å²) in [5.41, 5.74) is 0. The zero-order valence-corrected chi connectivity index (χ0v) is 12.2. The quantitative estimate of drug-likeness (QED) is 0.700. The molecule has 0 aliphatic heterocycles. The molecule has 0 aromatic heterocycles. The molecule has 2 rings (SSSR count). The van der Waals surface area contributed by atoms with Crippen molar-refractivity contribution in [2.24, 2.45) is 17.8 Å². The molecular weight excluding hydrogens is 256 g/mol. The summed E-state index contributed by atoms with van der Waals surface area (Å²) < 4.78 is 0. The maximum atomic E-state index is 11.9. The van der Waals surface area contributed by atoms with Crippen molar-refractivity contribution in [3.8, 4) is 0 Å². The van der Waals surface area contributed by atoms with Crippen LogP contribution < -0.4 is 10.6 Å². The normalized spacial score (nSPS) is 27.6. The summed E-state index contributed by atoms with van der Waals surface area (Å²) in [7, 11) is 0. The fraction of sp³-hybridized carbons (Fsp3) is 0.867. The highest BCUT2D eigenvalue weighted by molar-refractivity contribution is 5.75. The van der Waals surface area contributed by atoms with Crippen molar-refractivity contribution in [3.63, 3.8) is 0 Å². The van der Waals surface area contributed by atoms with E-state index in [9.17, 15) is 9.59 Å². The topological polar surface area (TPSA) is 78.4 Å². The van der Waals surface area contributed by atoms with Gasteiger partial charge >= 0.3 is 12.0 Å². The van der Waals surface area contributed by atoms with Crippen LogP contribution in [-0.4, -0.2) is 29.7 Å². The Kier molecular flexibility index (Phi) is 5.26. The number of hydrogen-bond acceptors (Lipinski definition) is 2. The fourth-order valence-corrected chi connectivity index (χ4v) is 3.22. The van der Waals surface area contributed by atoms with Gasteiger partial charge in [0.1, 0.15) is 0 Å². The van der Waals surface area contributed by atoms with Crippen molar-refractivity contribution in [1.29, 1.82) is 0 Å². The van der Waals surface area contributed by atoms with E-state index in [0.717, 1.165) is 18.8 Å². The molecule has 5 nitrogen and oxygen atoms in total. The number of hydrogen-bond donors (Lipinski definition) is 3. The minimum atomic E-state index is -0.844. The second-order valence-corrected chi connectivity index (χ2v) is 6.53. The van der Waals surface area contributed by atoms with Gasteiger partial charge in [0, 0.05) is 12.6 Å². The average molecular weight is 282 g/mol. The molecule has 0 aromatic rings. The number of carboxylic acids is 1. The van der Waals surface area contributed by atoms with Crippen LogP contribution in [0.3, 0.4) is 0 Å². The molecule has 114 valence electrons. The van der Waals surface area contributed by atoms with Gasteiger partial charge in [0.2, 0.25) is 0 Å². The minimum absolute atomic E-state index is 0.0263. The van der Waals surface area contributed by atoms with Gasteiger partial charge in [0.15, 0.2) is 0 Å². The molecule has 0 bridgehead atoms. The van der Waals surface area contributed by atoms with Crippen molar-refractivity contribution in [1.82, 2.24) is 10.6 Å². The Morgan fingerprint density at radius 2 is 2.00 bits per heavy atom. The molecule has 0 saturated heterocycles. The standard InChI is InChI=1S/C15H26N2O3/c1-10-3-2-4-11(7-10)9-16-15(20)17-13(8-14(18)19)12-5-6-12/h10-13H,2-9H2,1H3,(H,18,19)(H2,16,17,20). The van der Waals surface area contributed by atoms with E-state index in [-0.39, 0.29) is 18.5 Å². The Hall–Kier alpha value is -1.26. The summed E-state index contributed by atoms with van der Waals surface area (Å²) in [4.78, 5) is 22.7. The van der Waals surface area contributed by atoms with Crippen molar-refractivity contribution in [2.45, 2.75) is 57.9 Å². The molecule has 0 spiro atoms. The molecule has 3 N–H and O–H groups in total. The third-order valence-corrected chi connectivity index (χ3v) is 4.50. The Bertz CT molecular complexity index is 355. The molecular formula is C15H26N2O3. The van der Waals surface area contributed by atoms with Gasteiger partial charge in [-0.15, -0.1) is 0 Å². The molecule has 2 fully saturated rings. The highest BCUT2D eigenvalue weighted by Gasteiger charge is 2.33. The highest BCUT2D eigenvalue weighted by Crippen LogP contribution is 2.34. The number of nitrogens with one attached hydrogen (secondary N) is 2. The highest BCUT2D eigenvalue weighted by atomic mass is 16.4. The molecule has 0 aromatic carbocycles. The Balaban J connectivity index is 1.69. The van der Waals surface area contributed by atoms with E-state index in [4.69, 9.17) is 5.11 Å². The zero-order chi connectivity index (χ0) is 14.5. The summed E-state index contributed by atoms with van der Waals surface area (Å²) in [6, 6.07) is -0.417. The number of rotatable bonds is 6. The molecule has 2 saturated carbocycles. The summed E-state index contributed by atoms with van der Waals surface area (Å²) in [6.07, 6.45) is 6.99. The van der Waals surface area contributed by atoms with Gasteiger partial charge in [-0.05, 0) is 43.4 Å². The summed E-state index contributed by atoms with van der Waals surface area (Å²) >= 11 is 0. The molecule has 0 heterocycles. The van der Waals surface area contributed by atoms with Crippen LogP contribution in [0, 0.1) is 17.8 Å². The zero-order valence-electron chi connectivity index (χ0n) is 12.2. The third kappa shape index (κ3) is 5.02. The number of amides is 2. The van der Waals surface area contributed by atoms with E-state index in [2.05, 4.69) is 17.6 Å². The lowest BCUT2D eigenvalue weighted by Gasteiger charge is -2.27. The van der Waals surface area contributed by atoms with Gasteiger partial charge in [-0.3, -0.25) is 4.79 Å². The van der Waals surface area contributed by atoms with E-state index in [1.54, 1.807) is 0 Å². The molecule has 3 unspecified atom stereocenters. The molecule has 2 aliphatic rings. The van der Waals surface area contributed by atoms with E-state index in [1.807, 2.05) is 0 Å². The second-order valence-electron chi connectivity index (χ2n) is 6.53. The maximum Gasteiger partial charge on any atom is 0.315 e. The van der Waals surface area contributed by atoms with Crippen molar-refractivity contribution < 1.29 is 14.7 Å². The predicted octanol–water partition coefficient (Wildman–Crippen LogP) is 2.37. The van der Waals surface area contributed by atoms with Crippen LogP contribution in [0.2, 0.25) is 0 Å². The third-order valence-electron chi connectivity index (χ3n) is 4.50. The first kappa shape index (κ1) is 15.1. The molecule has 20 heavy (non-hydrogen) atoms. The van der Waals surface area contributed by atoms with Gasteiger partial charge in [-0.1, -0.05) is 19.8 Å². The van der Waals surface area contributed by atoms with Gasteiger partial charge in [0.05, 0.1) is 6.42 Å². The fourth-order valence-electron chi connectivity index (χ4n) is 3.22. The first-order chi connectivity index (χ1) is 9.54. The van der Waals surface area contributed by atoms with E-state index in [0.29, 0.717) is 18.4 Å². The first-order valence-corrected chi connectivity index (χ1v) is 7.80. The smallest absolute Gasteiger partial charge is 0.315 e. The van der Waals surface area contributed by atoms with Gasteiger partial charge < -0.3 is 15.7 Å². The largest absolute Gasteiger partial charge is 0.481 e. The van der Waals surface area contributed by atoms with E-state index < -0.39 is 5.97 Å². The maximum absolute atomic E-state index is 11.9. The van der Waals surface area contributed by atoms with Crippen molar-refractivity contribution >= 4 is 12.0 Å². The number of carboxylic acid groups (broad SMARTS) is 1. The lowest BCUT2D eigenvalue weighted by atomic mass is 9.82. The summed E-state index contributed by atoms with van der Waals surface area (Å²) in [6.45, 7) is 2.98. The van der Waals surface area contributed by atoms with Crippen molar-refractivity contribution in [3.05, 3.63) is 0 Å². The van der Waals surface area contributed by atoms with E-state index in [1.165, 1.54) is 25.7 Å². The lowest BCUT2D eigenvalue weighted by molar-refractivity contribution is -0.137. The molecule has 5 heteroatoms. The minimum Gasteiger partial charge on any atom is -0.481 e. The Labute approximate surface area is 120 Å². The van der Waals surface area contributed by atoms with Crippen LogP contribution in [0.5, 0.6) is 0 Å². The Morgan fingerprint density at radius 3 is 2.60 bits per heavy atom. The van der Waals surface area contributed by atoms with Crippen LogP contribution in [-0.2, 0) is 4.79 Å². The van der Waals surface area contributed by atoms with Crippen LogP contribution in [0.15, 0.2) is 0 Å². The summed E-state index contributed by atoms with van der Waals surface area (Å²) in [5, 5.41) is 14.6. The van der Waals surface area contributed by atoms with Crippen molar-refractivity contribution in [2.75, 3.05) is 6.54 Å². The summed E-state index contributed by atoms with van der Waals surface area (Å²) in [5.74, 6) is 0.836. The first-order valence-electron chi connectivity index (χ1n) is 7.80. The number of carbonyl (C=O) groups is 2. The molecule has 2 amide bonds. The Morgan fingerprint density at radius 1 is 1.25 bits per heavy atom. The number of aliphatic carboxylic acids is 1. The molecule has 2 aliphatic carbocycles. The average Bonchev–Trinajstić information content (AvgIpc) is 3.19. The van der Waals surface area contributed by atoms with Gasteiger partial charge in [-0.2, -0.15) is 0 Å². The van der Waals surface area contributed by atoms with Crippen LogP contribution in [0.25, 0.3) is 0 Å². The van der Waals surface area contributed by atoms with Crippen LogP contribution in [0.4, 0.5) is 4.79 Å². The molecule has 3 atom stereocenters. The van der Waals surface area contributed by atoms with Gasteiger partial charge in [0.25, 0.3) is 0 Å².